The van der Waals surface area contributed by atoms with Crippen molar-refractivity contribution in [1.29, 1.82) is 0 Å². The van der Waals surface area contributed by atoms with Crippen molar-refractivity contribution in [2.45, 2.75) is 33.1 Å². The Bertz CT molecular complexity index is 665. The summed E-state index contributed by atoms with van der Waals surface area (Å²) in [6, 6.07) is 3.66. The molecule has 116 valence electrons. The van der Waals surface area contributed by atoms with E-state index in [2.05, 4.69) is 34.2 Å². The van der Waals surface area contributed by atoms with Crippen molar-refractivity contribution in [3.8, 4) is 11.5 Å². The van der Waals surface area contributed by atoms with Gasteiger partial charge in [0.1, 0.15) is 5.69 Å². The molecule has 7 nitrogen and oxygen atoms in total. The van der Waals surface area contributed by atoms with Crippen LogP contribution in [0, 0.1) is 12.8 Å². The van der Waals surface area contributed by atoms with Crippen molar-refractivity contribution in [3.63, 3.8) is 0 Å². The van der Waals surface area contributed by atoms with E-state index in [4.69, 9.17) is 4.52 Å². The SMILES string of the molecule is Cc1ccc(-c2noc([C@H]3CC(=O)N(CC(C)C)C3)n2)nn1. The molecule has 1 atom stereocenters. The van der Waals surface area contributed by atoms with E-state index < -0.39 is 0 Å². The number of likely N-dealkylation sites (tertiary alicyclic amines) is 1. The van der Waals surface area contributed by atoms with Crippen LogP contribution in [0.15, 0.2) is 16.7 Å². The molecular weight excluding hydrogens is 282 g/mol. The van der Waals surface area contributed by atoms with Crippen molar-refractivity contribution in [1.82, 2.24) is 25.2 Å². The molecule has 3 heterocycles. The number of aryl methyl sites for hydroxylation is 1. The number of rotatable bonds is 4. The van der Waals surface area contributed by atoms with Crippen molar-refractivity contribution in [2.75, 3.05) is 13.1 Å². The molecule has 0 unspecified atom stereocenters. The minimum atomic E-state index is -0.0362. The summed E-state index contributed by atoms with van der Waals surface area (Å²) in [7, 11) is 0. The van der Waals surface area contributed by atoms with E-state index in [1.165, 1.54) is 0 Å². The molecule has 1 aliphatic heterocycles. The molecular formula is C15H19N5O2. The average Bonchev–Trinajstić information content (AvgIpc) is 3.07. The summed E-state index contributed by atoms with van der Waals surface area (Å²) in [5, 5.41) is 12.0. The van der Waals surface area contributed by atoms with Crippen molar-refractivity contribution < 1.29 is 9.32 Å². The molecule has 2 aromatic heterocycles. The summed E-state index contributed by atoms with van der Waals surface area (Å²) in [6.07, 6.45) is 0.425. The number of amides is 1. The highest BCUT2D eigenvalue weighted by molar-refractivity contribution is 5.79. The monoisotopic (exact) mass is 301 g/mol. The number of carbonyl (C=O) groups is 1. The molecule has 0 saturated carbocycles. The van der Waals surface area contributed by atoms with Gasteiger partial charge < -0.3 is 9.42 Å². The topological polar surface area (TPSA) is 85.0 Å². The summed E-state index contributed by atoms with van der Waals surface area (Å²) >= 11 is 0. The Labute approximate surface area is 128 Å². The molecule has 0 spiro atoms. The highest BCUT2D eigenvalue weighted by Gasteiger charge is 2.34. The first kappa shape index (κ1) is 14.6. The molecule has 1 aliphatic rings. The summed E-state index contributed by atoms with van der Waals surface area (Å²) in [4.78, 5) is 18.3. The maximum absolute atomic E-state index is 12.0. The van der Waals surface area contributed by atoms with Crippen molar-refractivity contribution >= 4 is 5.91 Å². The van der Waals surface area contributed by atoms with Crippen molar-refractivity contribution in [3.05, 3.63) is 23.7 Å². The summed E-state index contributed by atoms with van der Waals surface area (Å²) in [5.41, 5.74) is 1.40. The lowest BCUT2D eigenvalue weighted by atomic mass is 10.1. The van der Waals surface area contributed by atoms with Gasteiger partial charge in [-0.05, 0) is 25.0 Å². The van der Waals surface area contributed by atoms with Crippen molar-refractivity contribution in [2.24, 2.45) is 5.92 Å². The molecule has 22 heavy (non-hydrogen) atoms. The first-order valence-corrected chi connectivity index (χ1v) is 7.45. The van der Waals surface area contributed by atoms with Crippen LogP contribution in [-0.2, 0) is 4.79 Å². The average molecular weight is 301 g/mol. The molecule has 1 saturated heterocycles. The molecule has 0 aliphatic carbocycles. The van der Waals surface area contributed by atoms with Gasteiger partial charge in [-0.25, -0.2) is 0 Å². The van der Waals surface area contributed by atoms with Crippen LogP contribution >= 0.6 is 0 Å². The highest BCUT2D eigenvalue weighted by Crippen LogP contribution is 2.28. The predicted octanol–water partition coefficient (Wildman–Crippen LogP) is 1.81. The zero-order valence-electron chi connectivity index (χ0n) is 13.0. The van der Waals surface area contributed by atoms with E-state index in [9.17, 15) is 4.79 Å². The van der Waals surface area contributed by atoms with Gasteiger partial charge in [-0.15, -0.1) is 5.10 Å². The number of aromatic nitrogens is 4. The van der Waals surface area contributed by atoms with E-state index >= 15 is 0 Å². The Kier molecular flexibility index (Phi) is 3.87. The zero-order chi connectivity index (χ0) is 15.7. The third-order valence-corrected chi connectivity index (χ3v) is 3.62. The van der Waals surface area contributed by atoms with Crippen LogP contribution in [0.5, 0.6) is 0 Å². The lowest BCUT2D eigenvalue weighted by Gasteiger charge is -2.18. The van der Waals surface area contributed by atoms with Gasteiger partial charge >= 0.3 is 0 Å². The Morgan fingerprint density at radius 2 is 2.18 bits per heavy atom. The largest absolute Gasteiger partial charge is 0.342 e. The lowest BCUT2D eigenvalue weighted by molar-refractivity contribution is -0.128. The van der Waals surface area contributed by atoms with Crippen LogP contribution in [-0.4, -0.2) is 44.2 Å². The molecule has 0 aromatic carbocycles. The minimum absolute atomic E-state index is 0.0362. The van der Waals surface area contributed by atoms with E-state index in [0.717, 1.165) is 12.2 Å². The smallest absolute Gasteiger partial charge is 0.232 e. The second-order valence-electron chi connectivity index (χ2n) is 6.11. The van der Waals surface area contributed by atoms with Gasteiger partial charge in [-0.2, -0.15) is 10.1 Å². The van der Waals surface area contributed by atoms with E-state index in [-0.39, 0.29) is 11.8 Å². The fourth-order valence-corrected chi connectivity index (χ4v) is 2.58. The summed E-state index contributed by atoms with van der Waals surface area (Å²) in [6.45, 7) is 7.47. The van der Waals surface area contributed by atoms with Gasteiger partial charge in [0, 0.05) is 19.5 Å². The van der Waals surface area contributed by atoms with Crippen LogP contribution in [0.3, 0.4) is 0 Å². The minimum Gasteiger partial charge on any atom is -0.342 e. The van der Waals surface area contributed by atoms with Crippen LogP contribution in [0.2, 0.25) is 0 Å². The maximum atomic E-state index is 12.0. The molecule has 0 N–H and O–H groups in total. The summed E-state index contributed by atoms with van der Waals surface area (Å²) in [5.74, 6) is 1.47. The van der Waals surface area contributed by atoms with Gasteiger partial charge in [-0.3, -0.25) is 4.79 Å². The second-order valence-corrected chi connectivity index (χ2v) is 6.11. The molecule has 1 fully saturated rings. The quantitative estimate of drug-likeness (QED) is 0.856. The maximum Gasteiger partial charge on any atom is 0.232 e. The fourth-order valence-electron chi connectivity index (χ4n) is 2.58. The van der Waals surface area contributed by atoms with Gasteiger partial charge in [0.05, 0.1) is 11.6 Å². The van der Waals surface area contributed by atoms with Crippen LogP contribution in [0.4, 0.5) is 0 Å². The molecule has 0 bridgehead atoms. The highest BCUT2D eigenvalue weighted by atomic mass is 16.5. The number of nitrogens with zero attached hydrogens (tertiary/aromatic N) is 5. The fraction of sp³-hybridized carbons (Fsp3) is 0.533. The Morgan fingerprint density at radius 3 is 2.86 bits per heavy atom. The standard InChI is InChI=1S/C15H19N5O2/c1-9(2)7-20-8-11(6-13(20)21)15-16-14(19-22-15)12-5-4-10(3)17-18-12/h4-5,9,11H,6-8H2,1-3H3/t11-/m0/s1. The first-order valence-electron chi connectivity index (χ1n) is 7.45. The third kappa shape index (κ3) is 2.98. The van der Waals surface area contributed by atoms with E-state index in [1.54, 1.807) is 0 Å². The van der Waals surface area contributed by atoms with Gasteiger partial charge in [0.25, 0.3) is 0 Å². The first-order chi connectivity index (χ1) is 10.5. The Balaban J connectivity index is 1.74. The van der Waals surface area contributed by atoms with Gasteiger partial charge in [-0.1, -0.05) is 19.0 Å². The zero-order valence-corrected chi connectivity index (χ0v) is 13.0. The summed E-state index contributed by atoms with van der Waals surface area (Å²) < 4.78 is 5.33. The lowest BCUT2D eigenvalue weighted by Crippen LogP contribution is -2.29. The number of carbonyl (C=O) groups excluding carboxylic acids is 1. The normalized spacial score (nSPS) is 18.5. The van der Waals surface area contributed by atoms with E-state index in [1.807, 2.05) is 24.0 Å². The third-order valence-electron chi connectivity index (χ3n) is 3.62. The van der Waals surface area contributed by atoms with Crippen LogP contribution in [0.1, 0.15) is 37.8 Å². The molecule has 7 heteroatoms. The van der Waals surface area contributed by atoms with Gasteiger partial charge in [0.2, 0.25) is 17.6 Å². The molecule has 1 amide bonds. The number of hydrogen-bond acceptors (Lipinski definition) is 6. The molecule has 0 radical (unpaired) electrons. The Morgan fingerprint density at radius 1 is 1.36 bits per heavy atom. The van der Waals surface area contributed by atoms with Gasteiger partial charge in [0.15, 0.2) is 0 Å². The number of hydrogen-bond donors (Lipinski definition) is 0. The molecule has 2 aromatic rings. The second kappa shape index (κ2) is 5.82. The molecule has 3 rings (SSSR count). The Hall–Kier alpha value is -2.31. The van der Waals surface area contributed by atoms with Crippen LogP contribution in [0.25, 0.3) is 11.5 Å². The predicted molar refractivity (Wildman–Crippen MR) is 78.8 cm³/mol. The van der Waals surface area contributed by atoms with Crippen LogP contribution < -0.4 is 0 Å². The van der Waals surface area contributed by atoms with E-state index in [0.29, 0.717) is 36.3 Å².